The molecule has 2 aromatic carbocycles. The molecule has 5 heteroatoms. The summed E-state index contributed by atoms with van der Waals surface area (Å²) >= 11 is 0. The number of aryl methyl sites for hydroxylation is 1. The Labute approximate surface area is 173 Å². The minimum atomic E-state index is -0.618. The van der Waals surface area contributed by atoms with Crippen LogP contribution in [0.1, 0.15) is 55.9 Å². The average molecular weight is 400 g/mol. The Morgan fingerprint density at radius 3 is 2.24 bits per heavy atom. The third-order valence-electron chi connectivity index (χ3n) is 5.01. The van der Waals surface area contributed by atoms with Crippen molar-refractivity contribution in [2.45, 2.75) is 58.1 Å². The van der Waals surface area contributed by atoms with Gasteiger partial charge in [-0.2, -0.15) is 0 Å². The molecule has 0 aromatic heterocycles. The Hall–Kier alpha value is -2.37. The van der Waals surface area contributed by atoms with Crippen molar-refractivity contribution < 1.29 is 19.7 Å². The number of hydrogen-bond donors (Lipinski definition) is 3. The molecule has 2 aromatic rings. The van der Waals surface area contributed by atoms with Crippen molar-refractivity contribution in [2.24, 2.45) is 0 Å². The number of phenolic OH excluding ortho intramolecular Hbond substituents is 1. The zero-order valence-electron chi connectivity index (χ0n) is 17.4. The summed E-state index contributed by atoms with van der Waals surface area (Å²) in [6, 6.07) is 15.1. The second-order valence-electron chi connectivity index (χ2n) is 7.36. The number of carbonyl (C=O) groups is 1. The predicted octanol–water partition coefficient (Wildman–Crippen LogP) is 3.92. The van der Waals surface area contributed by atoms with Gasteiger partial charge in [0.05, 0.1) is 12.7 Å². The van der Waals surface area contributed by atoms with E-state index in [-0.39, 0.29) is 17.8 Å². The molecule has 0 aliphatic heterocycles. The minimum Gasteiger partial charge on any atom is -0.508 e. The molecule has 0 aliphatic carbocycles. The molecule has 0 saturated carbocycles. The number of aromatic hydroxyl groups is 1. The number of aliphatic hydroxyl groups excluding tert-OH is 1. The van der Waals surface area contributed by atoms with Crippen LogP contribution in [-0.4, -0.2) is 35.4 Å². The Morgan fingerprint density at radius 2 is 1.62 bits per heavy atom. The van der Waals surface area contributed by atoms with Crippen LogP contribution in [0.15, 0.2) is 48.5 Å². The van der Waals surface area contributed by atoms with Gasteiger partial charge in [0.2, 0.25) is 0 Å². The molecular weight excluding hydrogens is 366 g/mol. The molecule has 158 valence electrons. The first kappa shape index (κ1) is 22.9. The average Bonchev–Trinajstić information content (AvgIpc) is 2.72. The smallest absolute Gasteiger partial charge is 0.305 e. The lowest BCUT2D eigenvalue weighted by Gasteiger charge is -2.20. The summed E-state index contributed by atoms with van der Waals surface area (Å²) in [5.74, 6) is 0.0871. The van der Waals surface area contributed by atoms with Crippen LogP contribution in [-0.2, 0) is 22.4 Å². The van der Waals surface area contributed by atoms with Gasteiger partial charge >= 0.3 is 5.97 Å². The number of benzene rings is 2. The summed E-state index contributed by atoms with van der Waals surface area (Å²) in [6.45, 7) is 5.00. The van der Waals surface area contributed by atoms with E-state index < -0.39 is 6.10 Å². The van der Waals surface area contributed by atoms with Crippen LogP contribution in [0.3, 0.4) is 0 Å². The van der Waals surface area contributed by atoms with Gasteiger partial charge < -0.3 is 20.3 Å². The van der Waals surface area contributed by atoms with Crippen molar-refractivity contribution in [3.63, 3.8) is 0 Å². The Morgan fingerprint density at radius 1 is 1.00 bits per heavy atom. The molecule has 3 N–H and O–H groups in total. The van der Waals surface area contributed by atoms with Crippen LogP contribution >= 0.6 is 0 Å². The van der Waals surface area contributed by atoms with Gasteiger partial charge in [0.25, 0.3) is 0 Å². The zero-order valence-corrected chi connectivity index (χ0v) is 17.4. The molecule has 0 heterocycles. The van der Waals surface area contributed by atoms with Crippen molar-refractivity contribution in [3.05, 3.63) is 65.2 Å². The lowest BCUT2D eigenvalue weighted by molar-refractivity contribution is -0.143. The second kappa shape index (κ2) is 12.2. The molecule has 0 saturated heterocycles. The Balaban J connectivity index is 1.67. The lowest BCUT2D eigenvalue weighted by atomic mass is 10.0. The third-order valence-corrected chi connectivity index (χ3v) is 5.01. The highest BCUT2D eigenvalue weighted by Gasteiger charge is 2.15. The third kappa shape index (κ3) is 8.26. The van der Waals surface area contributed by atoms with Crippen LogP contribution in [0.4, 0.5) is 0 Å². The molecular formula is C24H33NO4. The highest BCUT2D eigenvalue weighted by Crippen LogP contribution is 2.19. The van der Waals surface area contributed by atoms with E-state index in [1.165, 1.54) is 11.1 Å². The summed E-state index contributed by atoms with van der Waals surface area (Å²) in [4.78, 5) is 11.3. The van der Waals surface area contributed by atoms with E-state index in [1.54, 1.807) is 24.3 Å². The lowest BCUT2D eigenvalue weighted by Crippen LogP contribution is -2.33. The Bertz CT molecular complexity index is 728. The van der Waals surface area contributed by atoms with Gasteiger partial charge in [-0.15, -0.1) is 0 Å². The summed E-state index contributed by atoms with van der Waals surface area (Å²) < 4.78 is 4.94. The second-order valence-corrected chi connectivity index (χ2v) is 7.36. The van der Waals surface area contributed by atoms with E-state index in [4.69, 9.17) is 4.74 Å². The van der Waals surface area contributed by atoms with E-state index in [0.29, 0.717) is 13.0 Å². The highest BCUT2D eigenvalue weighted by atomic mass is 16.5. The van der Waals surface area contributed by atoms with Gasteiger partial charge in [0.15, 0.2) is 0 Å². The number of hydrogen-bond acceptors (Lipinski definition) is 5. The van der Waals surface area contributed by atoms with Crippen LogP contribution in [0.25, 0.3) is 0 Å². The van der Waals surface area contributed by atoms with Gasteiger partial charge in [-0.3, -0.25) is 4.79 Å². The minimum absolute atomic E-state index is 0.0850. The van der Waals surface area contributed by atoms with Gasteiger partial charge in [0.1, 0.15) is 5.75 Å². The number of esters is 1. The van der Waals surface area contributed by atoms with Gasteiger partial charge in [0, 0.05) is 12.5 Å². The van der Waals surface area contributed by atoms with E-state index in [9.17, 15) is 15.0 Å². The van der Waals surface area contributed by atoms with Crippen LogP contribution in [0, 0.1) is 0 Å². The highest BCUT2D eigenvalue weighted by molar-refractivity contribution is 5.69. The molecule has 5 nitrogen and oxygen atoms in total. The molecule has 0 spiro atoms. The zero-order chi connectivity index (χ0) is 21.1. The molecule has 2 atom stereocenters. The van der Waals surface area contributed by atoms with E-state index >= 15 is 0 Å². The fourth-order valence-electron chi connectivity index (χ4n) is 3.22. The number of aliphatic hydroxyl groups is 1. The van der Waals surface area contributed by atoms with Gasteiger partial charge in [-0.1, -0.05) is 36.4 Å². The van der Waals surface area contributed by atoms with Crippen molar-refractivity contribution in [3.8, 4) is 5.75 Å². The van der Waals surface area contributed by atoms with Gasteiger partial charge in [-0.25, -0.2) is 0 Å². The number of nitrogens with one attached hydrogen (secondary N) is 1. The quantitative estimate of drug-likeness (QED) is 0.372. The summed E-state index contributed by atoms with van der Waals surface area (Å²) in [6.07, 6.45) is 3.56. The van der Waals surface area contributed by atoms with Gasteiger partial charge in [-0.05, 0) is 74.9 Å². The largest absolute Gasteiger partial charge is 0.508 e. The summed E-state index contributed by atoms with van der Waals surface area (Å²) in [7, 11) is 0. The maximum atomic E-state index is 11.3. The number of carbonyl (C=O) groups excluding carboxylic acids is 1. The van der Waals surface area contributed by atoms with E-state index in [2.05, 4.69) is 29.6 Å². The van der Waals surface area contributed by atoms with Crippen LogP contribution in [0.2, 0.25) is 0 Å². The summed E-state index contributed by atoms with van der Waals surface area (Å²) in [5, 5.41) is 23.1. The molecule has 2 rings (SSSR count). The van der Waals surface area contributed by atoms with Crippen molar-refractivity contribution in [1.29, 1.82) is 0 Å². The number of ether oxygens (including phenoxy) is 1. The van der Waals surface area contributed by atoms with Crippen molar-refractivity contribution in [2.75, 3.05) is 13.2 Å². The monoisotopic (exact) mass is 399 g/mol. The first-order valence-electron chi connectivity index (χ1n) is 10.4. The molecule has 0 unspecified atom stereocenters. The molecule has 0 bridgehead atoms. The number of phenols is 1. The maximum Gasteiger partial charge on any atom is 0.305 e. The van der Waals surface area contributed by atoms with Crippen LogP contribution in [0.5, 0.6) is 5.75 Å². The van der Waals surface area contributed by atoms with E-state index in [1.807, 2.05) is 13.8 Å². The van der Waals surface area contributed by atoms with Crippen LogP contribution < -0.4 is 5.32 Å². The van der Waals surface area contributed by atoms with E-state index in [0.717, 1.165) is 37.8 Å². The number of rotatable bonds is 12. The molecule has 0 fully saturated rings. The predicted molar refractivity (Wildman–Crippen MR) is 115 cm³/mol. The maximum absolute atomic E-state index is 11.3. The fraction of sp³-hybridized carbons (Fsp3) is 0.458. The Kier molecular flexibility index (Phi) is 9.68. The van der Waals surface area contributed by atoms with Crippen molar-refractivity contribution >= 4 is 5.97 Å². The topological polar surface area (TPSA) is 78.8 Å². The molecule has 0 amide bonds. The molecule has 0 radical (unpaired) electrons. The van der Waals surface area contributed by atoms with Crippen molar-refractivity contribution in [1.82, 2.24) is 5.32 Å². The summed E-state index contributed by atoms with van der Waals surface area (Å²) in [5.41, 5.74) is 3.32. The first-order chi connectivity index (χ1) is 14.0. The normalized spacial score (nSPS) is 13.1. The fourth-order valence-corrected chi connectivity index (χ4v) is 3.22. The molecule has 0 aliphatic rings. The first-order valence-corrected chi connectivity index (χ1v) is 10.4. The standard InChI is InChI=1S/C24H33NO4/c1-3-29-23(27)7-5-4-6-19-8-10-20(11-9-19)16-17-25-18(2)24(28)21-12-14-22(26)15-13-21/h8-15,18,24-26,28H,3-7,16-17H2,1-2H3/t18-,24-/m1/s1. The SMILES string of the molecule is CCOC(=O)CCCCc1ccc(CCN[C@H](C)[C@@H](O)c2ccc(O)cc2)cc1. The molecule has 29 heavy (non-hydrogen) atoms. The number of unbranched alkanes of at least 4 members (excludes halogenated alkanes) is 1.